The molecule has 0 saturated carbocycles. The van der Waals surface area contributed by atoms with Crippen molar-refractivity contribution in [1.82, 2.24) is 9.80 Å². The molecule has 1 spiro atoms. The predicted molar refractivity (Wildman–Crippen MR) is 81.3 cm³/mol. The molecule has 0 aromatic heterocycles. The Morgan fingerprint density at radius 1 is 1.39 bits per heavy atom. The Morgan fingerprint density at radius 3 is 2.43 bits per heavy atom. The van der Waals surface area contributed by atoms with Crippen LogP contribution in [0, 0.1) is 0 Å². The summed E-state index contributed by atoms with van der Waals surface area (Å²) in [7, 11) is 0. The molecule has 2 aliphatic rings. The lowest BCUT2D eigenvalue weighted by atomic mass is 9.83. The van der Waals surface area contributed by atoms with E-state index in [1.54, 1.807) is 20.8 Å². The number of rotatable bonds is 3. The fourth-order valence-electron chi connectivity index (χ4n) is 3.32. The summed E-state index contributed by atoms with van der Waals surface area (Å²) >= 11 is 0. The van der Waals surface area contributed by atoms with Crippen molar-refractivity contribution in [2.45, 2.75) is 63.8 Å². The number of nitrogens with two attached hydrogens (primary N) is 1. The first-order valence-electron chi connectivity index (χ1n) is 7.79. The van der Waals surface area contributed by atoms with Crippen LogP contribution in [-0.4, -0.2) is 69.2 Å². The van der Waals surface area contributed by atoms with Crippen molar-refractivity contribution >= 4 is 17.9 Å². The average molecular weight is 327 g/mol. The molecule has 0 bridgehead atoms. The van der Waals surface area contributed by atoms with E-state index in [0.29, 0.717) is 19.4 Å². The summed E-state index contributed by atoms with van der Waals surface area (Å²) in [5.41, 5.74) is 3.66. The van der Waals surface area contributed by atoms with Gasteiger partial charge in [-0.25, -0.2) is 4.79 Å². The van der Waals surface area contributed by atoms with Gasteiger partial charge in [0.1, 0.15) is 17.2 Å². The molecule has 2 aliphatic heterocycles. The summed E-state index contributed by atoms with van der Waals surface area (Å²) in [4.78, 5) is 39.2. The number of carbonyl (C=O) groups excluding carboxylic acids is 3. The zero-order valence-electron chi connectivity index (χ0n) is 14.0. The van der Waals surface area contributed by atoms with E-state index in [-0.39, 0.29) is 12.5 Å². The molecule has 130 valence electrons. The summed E-state index contributed by atoms with van der Waals surface area (Å²) in [5.74, 6) is -1.12. The van der Waals surface area contributed by atoms with Crippen LogP contribution in [0.2, 0.25) is 0 Å². The fourth-order valence-corrected chi connectivity index (χ4v) is 3.32. The SMILES string of the molecule is C[C@@H](O)[C@@H](C(N)=O)N1C[C@]2(CCCN2C(=O)OC(C)(C)C)C1=O. The molecule has 8 heteroatoms. The van der Waals surface area contributed by atoms with Crippen LogP contribution in [-0.2, 0) is 14.3 Å². The number of amides is 3. The van der Waals surface area contributed by atoms with E-state index in [1.165, 1.54) is 16.7 Å². The van der Waals surface area contributed by atoms with Crippen LogP contribution >= 0.6 is 0 Å². The summed E-state index contributed by atoms with van der Waals surface area (Å²) < 4.78 is 5.37. The number of hydrogen-bond acceptors (Lipinski definition) is 5. The second-order valence-electron chi connectivity index (χ2n) is 7.29. The minimum absolute atomic E-state index is 0.184. The molecule has 2 saturated heterocycles. The highest BCUT2D eigenvalue weighted by Crippen LogP contribution is 2.41. The Bertz CT molecular complexity index is 528. The van der Waals surface area contributed by atoms with Gasteiger partial charge in [-0.2, -0.15) is 0 Å². The first-order valence-corrected chi connectivity index (χ1v) is 7.79. The minimum Gasteiger partial charge on any atom is -0.444 e. The lowest BCUT2D eigenvalue weighted by molar-refractivity contribution is -0.171. The number of β-lactam (4-membered cyclic amide) rings is 1. The molecular formula is C15H25N3O5. The standard InChI is InChI=1S/C15H25N3O5/c1-9(19)10(11(16)20)17-8-15(12(17)21)6-5-7-18(15)13(22)23-14(2,3)4/h9-10,19H,5-8H2,1-4H3,(H2,16,20)/t9-,10+,15-/m1/s1. The number of nitrogens with zero attached hydrogens (tertiary/aromatic N) is 2. The molecule has 23 heavy (non-hydrogen) atoms. The predicted octanol–water partition coefficient (Wildman–Crippen LogP) is -0.167. The smallest absolute Gasteiger partial charge is 0.411 e. The number of carbonyl (C=O) groups is 3. The van der Waals surface area contributed by atoms with Gasteiger partial charge in [-0.3, -0.25) is 14.5 Å². The molecule has 3 N–H and O–H groups in total. The molecule has 3 amide bonds. The third-order valence-corrected chi connectivity index (χ3v) is 4.28. The van der Waals surface area contributed by atoms with Gasteiger partial charge in [-0.1, -0.05) is 0 Å². The van der Waals surface area contributed by atoms with Crippen molar-refractivity contribution in [3.05, 3.63) is 0 Å². The highest BCUT2D eigenvalue weighted by Gasteiger charge is 2.62. The summed E-state index contributed by atoms with van der Waals surface area (Å²) in [6.07, 6.45) is -0.387. The van der Waals surface area contributed by atoms with Crippen molar-refractivity contribution in [2.75, 3.05) is 13.1 Å². The van der Waals surface area contributed by atoms with Crippen LogP contribution in [0.4, 0.5) is 4.79 Å². The Labute approximate surface area is 135 Å². The topological polar surface area (TPSA) is 113 Å². The molecular weight excluding hydrogens is 302 g/mol. The zero-order chi connectivity index (χ0) is 17.6. The summed E-state index contributed by atoms with van der Waals surface area (Å²) in [6.45, 7) is 7.32. The molecule has 0 aromatic carbocycles. The molecule has 2 rings (SSSR count). The molecule has 0 unspecified atom stereocenters. The van der Waals surface area contributed by atoms with Crippen molar-refractivity contribution in [3.8, 4) is 0 Å². The van der Waals surface area contributed by atoms with Crippen LogP contribution < -0.4 is 5.73 Å². The fraction of sp³-hybridized carbons (Fsp3) is 0.800. The quantitative estimate of drug-likeness (QED) is 0.699. The average Bonchev–Trinajstić information content (AvgIpc) is 2.81. The number of aliphatic hydroxyl groups is 1. The maximum absolute atomic E-state index is 12.7. The Hall–Kier alpha value is -1.83. The number of primary amides is 1. The number of hydrogen-bond donors (Lipinski definition) is 2. The van der Waals surface area contributed by atoms with Crippen molar-refractivity contribution < 1.29 is 24.2 Å². The van der Waals surface area contributed by atoms with Gasteiger partial charge in [0, 0.05) is 6.54 Å². The van der Waals surface area contributed by atoms with Crippen molar-refractivity contribution in [1.29, 1.82) is 0 Å². The van der Waals surface area contributed by atoms with E-state index in [4.69, 9.17) is 10.5 Å². The highest BCUT2D eigenvalue weighted by molar-refractivity contribution is 5.99. The second kappa shape index (κ2) is 5.67. The third kappa shape index (κ3) is 2.99. The number of likely N-dealkylation sites (tertiary alicyclic amines) is 2. The van der Waals surface area contributed by atoms with Gasteiger partial charge in [-0.05, 0) is 40.5 Å². The highest BCUT2D eigenvalue weighted by atomic mass is 16.6. The largest absolute Gasteiger partial charge is 0.444 e. The summed E-state index contributed by atoms with van der Waals surface area (Å²) in [6, 6.07) is -1.07. The van der Waals surface area contributed by atoms with E-state index >= 15 is 0 Å². The minimum atomic E-state index is -1.07. The first kappa shape index (κ1) is 17.5. The van der Waals surface area contributed by atoms with Crippen LogP contribution in [0.25, 0.3) is 0 Å². The monoisotopic (exact) mass is 327 g/mol. The molecule has 0 aromatic rings. The van der Waals surface area contributed by atoms with Crippen LogP contribution in [0.3, 0.4) is 0 Å². The maximum atomic E-state index is 12.7. The Balaban J connectivity index is 2.16. The van der Waals surface area contributed by atoms with Crippen LogP contribution in [0.5, 0.6) is 0 Å². The van der Waals surface area contributed by atoms with Crippen LogP contribution in [0.15, 0.2) is 0 Å². The molecule has 0 aliphatic carbocycles. The lowest BCUT2D eigenvalue weighted by Gasteiger charge is -2.53. The van der Waals surface area contributed by atoms with Gasteiger partial charge in [0.2, 0.25) is 5.91 Å². The van der Waals surface area contributed by atoms with E-state index < -0.39 is 35.3 Å². The number of ether oxygens (including phenoxy) is 1. The first-order chi connectivity index (χ1) is 10.5. The molecule has 2 fully saturated rings. The van der Waals surface area contributed by atoms with Gasteiger partial charge in [0.25, 0.3) is 5.91 Å². The van der Waals surface area contributed by atoms with E-state index in [9.17, 15) is 19.5 Å². The van der Waals surface area contributed by atoms with Gasteiger partial charge in [0.05, 0.1) is 12.6 Å². The molecule has 0 radical (unpaired) electrons. The van der Waals surface area contributed by atoms with Crippen molar-refractivity contribution in [3.63, 3.8) is 0 Å². The zero-order valence-corrected chi connectivity index (χ0v) is 14.0. The maximum Gasteiger partial charge on any atom is 0.411 e. The molecule has 8 nitrogen and oxygen atoms in total. The normalized spacial score (nSPS) is 26.9. The number of aliphatic hydroxyl groups excluding tert-OH is 1. The van der Waals surface area contributed by atoms with Crippen LogP contribution in [0.1, 0.15) is 40.5 Å². The van der Waals surface area contributed by atoms with Gasteiger partial charge in [-0.15, -0.1) is 0 Å². The van der Waals surface area contributed by atoms with Crippen molar-refractivity contribution in [2.24, 2.45) is 5.73 Å². The van der Waals surface area contributed by atoms with E-state index in [0.717, 1.165) is 0 Å². The second-order valence-corrected chi connectivity index (χ2v) is 7.29. The van der Waals surface area contributed by atoms with E-state index in [2.05, 4.69) is 0 Å². The molecule has 2 heterocycles. The Kier molecular flexibility index (Phi) is 4.32. The van der Waals surface area contributed by atoms with Gasteiger partial charge >= 0.3 is 6.09 Å². The molecule has 3 atom stereocenters. The van der Waals surface area contributed by atoms with Gasteiger partial charge < -0.3 is 20.5 Å². The van der Waals surface area contributed by atoms with E-state index in [1.807, 2.05) is 0 Å². The Morgan fingerprint density at radius 2 is 2.00 bits per heavy atom. The summed E-state index contributed by atoms with van der Waals surface area (Å²) in [5, 5.41) is 9.69. The van der Waals surface area contributed by atoms with Gasteiger partial charge in [0.15, 0.2) is 0 Å². The lowest BCUT2D eigenvalue weighted by Crippen LogP contribution is -2.77. The third-order valence-electron chi connectivity index (χ3n) is 4.28.